The second-order valence-electron chi connectivity index (χ2n) is 7.09. The molecule has 0 bridgehead atoms. The average molecular weight is 444 g/mol. The Labute approximate surface area is 175 Å². The molecule has 0 aliphatic carbocycles. The van der Waals surface area contributed by atoms with E-state index >= 15 is 0 Å². The molecular formula is C24H31BrNP. The molecule has 0 spiro atoms. The second-order valence-corrected chi connectivity index (χ2v) is 11.1. The summed E-state index contributed by atoms with van der Waals surface area (Å²) in [5.41, 5.74) is 6.45. The van der Waals surface area contributed by atoms with Gasteiger partial charge in [0.1, 0.15) is 0 Å². The molecule has 3 rings (SSSR count). The summed E-state index contributed by atoms with van der Waals surface area (Å²) >= 11 is 0. The third-order valence-electron chi connectivity index (χ3n) is 5.35. The molecule has 3 aromatic carbocycles. The van der Waals surface area contributed by atoms with Crippen molar-refractivity contribution in [2.75, 3.05) is 6.16 Å². The molecule has 0 amide bonds. The van der Waals surface area contributed by atoms with Gasteiger partial charge in [0.15, 0.2) is 0 Å². The molecule has 27 heavy (non-hydrogen) atoms. The van der Waals surface area contributed by atoms with Crippen molar-refractivity contribution in [1.29, 1.82) is 0 Å². The van der Waals surface area contributed by atoms with Crippen LogP contribution < -0.4 is 21.6 Å². The van der Waals surface area contributed by atoms with Crippen molar-refractivity contribution < 1.29 is 0 Å². The molecule has 0 saturated heterocycles. The second kappa shape index (κ2) is 10.8. The van der Waals surface area contributed by atoms with E-state index in [1.54, 1.807) is 0 Å². The Morgan fingerprint density at radius 2 is 1.04 bits per heavy atom. The Balaban J connectivity index is 0.00000261. The van der Waals surface area contributed by atoms with E-state index in [-0.39, 0.29) is 23.0 Å². The van der Waals surface area contributed by atoms with E-state index in [2.05, 4.69) is 97.9 Å². The average Bonchev–Trinajstić information content (AvgIpc) is 2.71. The standard InChI is InChI=1S/C24H30NP.BrH/c1-2-12-21(25)19-20-26(22-13-6-3-7-14-22,23-15-8-4-9-16-23)24-17-10-5-11-18-24;/h3-11,13-18,21,26H,2,12,19-20,25H2,1H3;1H. The fourth-order valence-corrected chi connectivity index (χ4v) is 8.97. The van der Waals surface area contributed by atoms with Gasteiger partial charge in [0.2, 0.25) is 0 Å². The zero-order chi connectivity index (χ0) is 18.2. The van der Waals surface area contributed by atoms with Crippen molar-refractivity contribution in [2.45, 2.75) is 32.2 Å². The topological polar surface area (TPSA) is 26.0 Å². The summed E-state index contributed by atoms with van der Waals surface area (Å²) in [5.74, 6) is 0. The number of nitrogens with two attached hydrogens (primary N) is 1. The van der Waals surface area contributed by atoms with E-state index in [4.69, 9.17) is 5.73 Å². The minimum atomic E-state index is -2.10. The van der Waals surface area contributed by atoms with Crippen LogP contribution in [0.25, 0.3) is 0 Å². The third kappa shape index (κ3) is 5.08. The van der Waals surface area contributed by atoms with Gasteiger partial charge in [-0.05, 0) is 0 Å². The summed E-state index contributed by atoms with van der Waals surface area (Å²) in [6.07, 6.45) is 4.46. The van der Waals surface area contributed by atoms with Crippen LogP contribution >= 0.6 is 24.2 Å². The van der Waals surface area contributed by atoms with E-state index in [9.17, 15) is 0 Å². The maximum atomic E-state index is 6.45. The first-order valence-electron chi connectivity index (χ1n) is 9.69. The molecule has 0 heterocycles. The van der Waals surface area contributed by atoms with Crippen LogP contribution in [0.5, 0.6) is 0 Å². The Bertz CT molecular complexity index is 681. The SMILES string of the molecule is Br.CCCC(N)CC[PH](c1ccccc1)(c1ccccc1)c1ccccc1. The Kier molecular flexibility index (Phi) is 8.70. The monoisotopic (exact) mass is 443 g/mol. The van der Waals surface area contributed by atoms with Crippen LogP contribution in [0.15, 0.2) is 91.0 Å². The van der Waals surface area contributed by atoms with Gasteiger partial charge in [-0.1, -0.05) is 0 Å². The maximum absolute atomic E-state index is 6.45. The van der Waals surface area contributed by atoms with Gasteiger partial charge in [-0.15, -0.1) is 17.0 Å². The predicted molar refractivity (Wildman–Crippen MR) is 129 cm³/mol. The van der Waals surface area contributed by atoms with Gasteiger partial charge in [-0.3, -0.25) is 0 Å². The zero-order valence-electron chi connectivity index (χ0n) is 16.1. The first-order valence-corrected chi connectivity index (χ1v) is 11.9. The van der Waals surface area contributed by atoms with Gasteiger partial charge in [-0.25, -0.2) is 0 Å². The molecular weight excluding hydrogens is 413 g/mol. The summed E-state index contributed by atoms with van der Waals surface area (Å²) in [6, 6.07) is 33.6. The molecule has 0 aliphatic heterocycles. The molecule has 0 aromatic heterocycles. The van der Waals surface area contributed by atoms with Gasteiger partial charge in [0, 0.05) is 0 Å². The molecule has 3 aromatic rings. The third-order valence-corrected chi connectivity index (χ3v) is 10.3. The molecule has 3 heteroatoms. The fourth-order valence-electron chi connectivity index (χ4n) is 4.02. The Hall–Kier alpha value is -1.47. The number of hydrogen-bond donors (Lipinski definition) is 1. The van der Waals surface area contributed by atoms with Gasteiger partial charge in [0.25, 0.3) is 0 Å². The van der Waals surface area contributed by atoms with Crippen LogP contribution in [-0.4, -0.2) is 12.2 Å². The van der Waals surface area contributed by atoms with Crippen molar-refractivity contribution >= 4 is 40.2 Å². The van der Waals surface area contributed by atoms with E-state index in [1.165, 1.54) is 15.9 Å². The van der Waals surface area contributed by atoms with Gasteiger partial charge in [-0.2, -0.15) is 0 Å². The zero-order valence-corrected chi connectivity index (χ0v) is 18.8. The molecule has 0 radical (unpaired) electrons. The molecule has 0 fully saturated rings. The summed E-state index contributed by atoms with van der Waals surface area (Å²) in [6.45, 7) is 2.22. The molecule has 1 nitrogen and oxygen atoms in total. The van der Waals surface area contributed by atoms with Crippen molar-refractivity contribution in [3.63, 3.8) is 0 Å². The van der Waals surface area contributed by atoms with E-state index in [0.29, 0.717) is 0 Å². The van der Waals surface area contributed by atoms with Crippen LogP contribution in [0, 0.1) is 0 Å². The van der Waals surface area contributed by atoms with Crippen molar-refractivity contribution in [3.8, 4) is 0 Å². The summed E-state index contributed by atoms with van der Waals surface area (Å²) in [4.78, 5) is 0. The first kappa shape index (κ1) is 21.8. The van der Waals surface area contributed by atoms with Crippen molar-refractivity contribution in [3.05, 3.63) is 91.0 Å². The minimum absolute atomic E-state index is 0. The molecule has 144 valence electrons. The van der Waals surface area contributed by atoms with Crippen LogP contribution in [0.1, 0.15) is 26.2 Å². The summed E-state index contributed by atoms with van der Waals surface area (Å²) in [7, 11) is -2.10. The normalized spacial score (nSPS) is 12.8. The van der Waals surface area contributed by atoms with Crippen LogP contribution in [-0.2, 0) is 0 Å². The number of benzene rings is 3. The molecule has 0 aliphatic rings. The summed E-state index contributed by atoms with van der Waals surface area (Å²) < 4.78 is 0. The predicted octanol–water partition coefficient (Wildman–Crippen LogP) is 4.81. The molecule has 1 unspecified atom stereocenters. The number of rotatable bonds is 8. The van der Waals surface area contributed by atoms with Gasteiger partial charge < -0.3 is 0 Å². The van der Waals surface area contributed by atoms with Gasteiger partial charge in [0.05, 0.1) is 0 Å². The first-order chi connectivity index (χ1) is 12.8. The van der Waals surface area contributed by atoms with E-state index in [0.717, 1.165) is 25.4 Å². The summed E-state index contributed by atoms with van der Waals surface area (Å²) in [5, 5.41) is 4.42. The number of hydrogen-bond acceptors (Lipinski definition) is 1. The van der Waals surface area contributed by atoms with Crippen LogP contribution in [0.3, 0.4) is 0 Å². The Morgan fingerprint density at radius 3 is 1.37 bits per heavy atom. The Morgan fingerprint density at radius 1 is 0.667 bits per heavy atom. The quantitative estimate of drug-likeness (QED) is 0.496. The molecule has 2 N–H and O–H groups in total. The molecule has 1 atom stereocenters. The van der Waals surface area contributed by atoms with Crippen LogP contribution in [0.4, 0.5) is 0 Å². The molecule has 0 saturated carbocycles. The van der Waals surface area contributed by atoms with Crippen molar-refractivity contribution in [1.82, 2.24) is 0 Å². The van der Waals surface area contributed by atoms with Gasteiger partial charge >= 0.3 is 158 Å². The fraction of sp³-hybridized carbons (Fsp3) is 0.250. The number of halogens is 1. The van der Waals surface area contributed by atoms with Crippen molar-refractivity contribution in [2.24, 2.45) is 5.73 Å². The van der Waals surface area contributed by atoms with E-state index < -0.39 is 7.26 Å². The van der Waals surface area contributed by atoms with Crippen LogP contribution in [0.2, 0.25) is 0 Å². The van der Waals surface area contributed by atoms with E-state index in [1.807, 2.05) is 0 Å².